The lowest BCUT2D eigenvalue weighted by Gasteiger charge is -2.16. The molecule has 0 amide bonds. The van der Waals surface area contributed by atoms with Crippen molar-refractivity contribution in [1.82, 2.24) is 19.9 Å². The maximum absolute atomic E-state index is 12.5. The predicted molar refractivity (Wildman–Crippen MR) is 107 cm³/mol. The second kappa shape index (κ2) is 6.87. The molecule has 0 radical (unpaired) electrons. The van der Waals surface area contributed by atoms with Crippen LogP contribution < -0.4 is 21.8 Å². The van der Waals surface area contributed by atoms with Crippen LogP contribution in [0.15, 0.2) is 34.1 Å². The summed E-state index contributed by atoms with van der Waals surface area (Å²) < 4.78 is 0. The number of aryl methyl sites for hydroxylation is 2. The molecule has 0 fully saturated rings. The van der Waals surface area contributed by atoms with Crippen molar-refractivity contribution < 1.29 is 0 Å². The number of benzene rings is 1. The first-order valence-corrected chi connectivity index (χ1v) is 8.83. The van der Waals surface area contributed by atoms with Crippen molar-refractivity contribution >= 4 is 12.2 Å². The van der Waals surface area contributed by atoms with E-state index in [9.17, 15) is 9.59 Å². The van der Waals surface area contributed by atoms with Gasteiger partial charge in [-0.1, -0.05) is 39.0 Å². The minimum absolute atomic E-state index is 0.161. The van der Waals surface area contributed by atoms with Gasteiger partial charge in [0.1, 0.15) is 10.7 Å². The molecule has 0 aliphatic heterocycles. The molecule has 27 heavy (non-hydrogen) atoms. The highest BCUT2D eigenvalue weighted by atomic mass is 16.1. The third kappa shape index (κ3) is 3.84. The van der Waals surface area contributed by atoms with Crippen molar-refractivity contribution in [3.05, 3.63) is 84.0 Å². The Morgan fingerprint density at radius 2 is 1.48 bits per heavy atom. The zero-order chi connectivity index (χ0) is 19.8. The zero-order valence-corrected chi connectivity index (χ0v) is 16.2. The van der Waals surface area contributed by atoms with Gasteiger partial charge in [-0.3, -0.25) is 9.59 Å². The second-order valence-corrected chi connectivity index (χ2v) is 7.74. The smallest absolute Gasteiger partial charge is 0.272 e. The molecule has 140 valence electrons. The summed E-state index contributed by atoms with van der Waals surface area (Å²) in [4.78, 5) is 37.8. The molecule has 3 rings (SSSR count). The lowest BCUT2D eigenvalue weighted by atomic mass is 9.90. The maximum atomic E-state index is 12.5. The Labute approximate surface area is 156 Å². The number of imidazole rings is 1. The molecule has 0 aliphatic carbocycles. The molecule has 0 bridgehead atoms. The lowest BCUT2D eigenvalue weighted by molar-refractivity contribution is 0.571. The minimum Gasteiger partial charge on any atom is -0.348 e. The van der Waals surface area contributed by atoms with Crippen LogP contribution in [0.4, 0.5) is 0 Å². The van der Waals surface area contributed by atoms with Gasteiger partial charge in [-0.05, 0) is 42.7 Å². The first-order valence-electron chi connectivity index (χ1n) is 8.83. The molecule has 6 heteroatoms. The van der Waals surface area contributed by atoms with E-state index in [-0.39, 0.29) is 27.2 Å². The fourth-order valence-electron chi connectivity index (χ4n) is 3.05. The van der Waals surface area contributed by atoms with Crippen LogP contribution in [0, 0.1) is 13.8 Å². The molecule has 6 nitrogen and oxygen atoms in total. The van der Waals surface area contributed by atoms with Gasteiger partial charge in [-0.2, -0.15) is 0 Å². The predicted octanol–water partition coefficient (Wildman–Crippen LogP) is 1.36. The molecule has 0 saturated carbocycles. The van der Waals surface area contributed by atoms with Crippen molar-refractivity contribution in [1.29, 1.82) is 0 Å². The summed E-state index contributed by atoms with van der Waals surface area (Å²) in [5.41, 5.74) is 3.66. The Morgan fingerprint density at radius 1 is 0.926 bits per heavy atom. The molecule has 0 spiro atoms. The van der Waals surface area contributed by atoms with Gasteiger partial charge < -0.3 is 15.0 Å². The first kappa shape index (κ1) is 18.6. The Hall–Kier alpha value is -3.15. The molecule has 0 aliphatic rings. The summed E-state index contributed by atoms with van der Waals surface area (Å²) in [7, 11) is 0. The fraction of sp³-hybridized carbons (Fsp3) is 0.286. The van der Waals surface area contributed by atoms with E-state index in [1.54, 1.807) is 18.5 Å². The van der Waals surface area contributed by atoms with Gasteiger partial charge in [0, 0.05) is 11.1 Å². The lowest BCUT2D eigenvalue weighted by Crippen LogP contribution is -2.46. The Kier molecular flexibility index (Phi) is 4.74. The molecule has 0 unspecified atom stereocenters. The largest absolute Gasteiger partial charge is 0.348 e. The highest BCUT2D eigenvalue weighted by molar-refractivity contribution is 5.56. The standard InChI is InChI=1S/C21H24N4O2/c1-12-7-6-8-13(2)14(12)9-16-19(26)25-17(20(27)24-16)10-15-18(21(3,4)5)23-11-22-15/h6-11H,1-5H3,(H,22,23)(H,24,27)(H,25,26)/b16-9-,17-10-. The minimum atomic E-state index is -0.366. The van der Waals surface area contributed by atoms with Gasteiger partial charge in [-0.25, -0.2) is 4.98 Å². The average Bonchev–Trinajstić information content (AvgIpc) is 3.04. The van der Waals surface area contributed by atoms with Crippen molar-refractivity contribution in [2.24, 2.45) is 0 Å². The van der Waals surface area contributed by atoms with Gasteiger partial charge >= 0.3 is 0 Å². The molecular weight excluding hydrogens is 340 g/mol. The molecule has 0 saturated heterocycles. The van der Waals surface area contributed by atoms with Crippen LogP contribution >= 0.6 is 0 Å². The Morgan fingerprint density at radius 3 is 2.04 bits per heavy atom. The number of aromatic amines is 3. The molecular formula is C21H24N4O2. The maximum Gasteiger partial charge on any atom is 0.272 e. The van der Waals surface area contributed by atoms with E-state index in [4.69, 9.17) is 0 Å². The third-order valence-corrected chi connectivity index (χ3v) is 4.52. The second-order valence-electron chi connectivity index (χ2n) is 7.74. The van der Waals surface area contributed by atoms with E-state index in [1.165, 1.54) is 0 Å². The third-order valence-electron chi connectivity index (χ3n) is 4.52. The summed E-state index contributed by atoms with van der Waals surface area (Å²) in [6.07, 6.45) is 4.89. The Balaban J connectivity index is 2.18. The normalized spacial score (nSPS) is 13.4. The van der Waals surface area contributed by atoms with Crippen LogP contribution in [0.2, 0.25) is 0 Å². The summed E-state index contributed by atoms with van der Waals surface area (Å²) in [5.74, 6) is 0. The van der Waals surface area contributed by atoms with Crippen molar-refractivity contribution in [3.63, 3.8) is 0 Å². The van der Waals surface area contributed by atoms with Crippen LogP contribution in [-0.4, -0.2) is 19.9 Å². The monoisotopic (exact) mass is 364 g/mol. The van der Waals surface area contributed by atoms with Crippen LogP contribution in [0.3, 0.4) is 0 Å². The van der Waals surface area contributed by atoms with Gasteiger partial charge in [0.05, 0.1) is 12.0 Å². The topological polar surface area (TPSA) is 94.4 Å². The number of rotatable bonds is 2. The molecule has 2 heterocycles. The summed E-state index contributed by atoms with van der Waals surface area (Å²) >= 11 is 0. The summed E-state index contributed by atoms with van der Waals surface area (Å²) in [5, 5.41) is 0.406. The number of H-pyrrole nitrogens is 3. The summed E-state index contributed by atoms with van der Waals surface area (Å²) in [6.45, 7) is 10.1. The zero-order valence-electron chi connectivity index (χ0n) is 16.2. The summed E-state index contributed by atoms with van der Waals surface area (Å²) in [6, 6.07) is 5.90. The highest BCUT2D eigenvalue weighted by Gasteiger charge is 2.19. The Bertz CT molecular complexity index is 1200. The number of aromatic nitrogens is 4. The van der Waals surface area contributed by atoms with Crippen molar-refractivity contribution in [2.75, 3.05) is 0 Å². The van der Waals surface area contributed by atoms with Gasteiger partial charge in [0.15, 0.2) is 0 Å². The number of hydrogen-bond donors (Lipinski definition) is 3. The van der Waals surface area contributed by atoms with E-state index in [1.807, 2.05) is 52.8 Å². The van der Waals surface area contributed by atoms with Crippen molar-refractivity contribution in [2.45, 2.75) is 40.0 Å². The molecule has 1 aromatic carbocycles. The van der Waals surface area contributed by atoms with Crippen LogP contribution in [-0.2, 0) is 5.41 Å². The van der Waals surface area contributed by atoms with Gasteiger partial charge in [0.2, 0.25) is 0 Å². The average molecular weight is 364 g/mol. The van der Waals surface area contributed by atoms with Gasteiger partial charge in [0.25, 0.3) is 11.1 Å². The van der Waals surface area contributed by atoms with E-state index >= 15 is 0 Å². The fourth-order valence-corrected chi connectivity index (χ4v) is 3.05. The van der Waals surface area contributed by atoms with Crippen LogP contribution in [0.1, 0.15) is 48.8 Å². The molecule has 3 N–H and O–H groups in total. The van der Waals surface area contributed by atoms with Gasteiger partial charge in [-0.15, -0.1) is 0 Å². The number of nitrogens with zero attached hydrogens (tertiary/aromatic N) is 1. The quantitative estimate of drug-likeness (QED) is 0.641. The molecule has 2 aromatic heterocycles. The van der Waals surface area contributed by atoms with E-state index in [2.05, 4.69) is 19.9 Å². The first-order chi connectivity index (χ1) is 12.7. The van der Waals surface area contributed by atoms with Crippen molar-refractivity contribution in [3.8, 4) is 0 Å². The van der Waals surface area contributed by atoms with E-state index < -0.39 is 0 Å². The van der Waals surface area contributed by atoms with E-state index in [0.717, 1.165) is 22.4 Å². The molecule has 0 atom stereocenters. The highest BCUT2D eigenvalue weighted by Crippen LogP contribution is 2.22. The number of nitrogens with one attached hydrogen (secondary N) is 3. The van der Waals surface area contributed by atoms with E-state index in [0.29, 0.717) is 5.69 Å². The molecule has 3 aromatic rings. The van der Waals surface area contributed by atoms with Crippen LogP contribution in [0.5, 0.6) is 0 Å². The number of hydrogen-bond acceptors (Lipinski definition) is 3. The SMILES string of the molecule is Cc1cccc(C)c1/C=c1\[nH]c(=O)/c(=C/c2nc[nH]c2C(C)(C)C)[nH]c1=O. The van der Waals surface area contributed by atoms with Crippen LogP contribution in [0.25, 0.3) is 12.2 Å².